The number of hydrogen-bond acceptors (Lipinski definition) is 3. The third-order valence-corrected chi connectivity index (χ3v) is 3.07. The van der Waals surface area contributed by atoms with Crippen LogP contribution in [-0.4, -0.2) is 25.9 Å². The molecular formula is C16H17N3O2. The van der Waals surface area contributed by atoms with Crippen LogP contribution in [0.5, 0.6) is 0 Å². The number of amides is 2. The van der Waals surface area contributed by atoms with E-state index in [1.807, 2.05) is 31.1 Å². The lowest BCUT2D eigenvalue weighted by molar-refractivity contribution is 0.0998. The van der Waals surface area contributed by atoms with Crippen LogP contribution in [-0.2, 0) is 0 Å². The maximum Gasteiger partial charge on any atom is 0.255 e. The van der Waals surface area contributed by atoms with Crippen molar-refractivity contribution in [2.75, 3.05) is 24.3 Å². The van der Waals surface area contributed by atoms with E-state index in [0.717, 1.165) is 5.69 Å². The first-order valence-electron chi connectivity index (χ1n) is 6.46. The molecule has 0 aliphatic carbocycles. The van der Waals surface area contributed by atoms with Crippen LogP contribution in [0.2, 0.25) is 0 Å². The molecule has 0 spiro atoms. The van der Waals surface area contributed by atoms with Gasteiger partial charge in [-0.15, -0.1) is 0 Å². The SMILES string of the molecule is CN(C)c1ccc(C(=O)Nc2ccc(C(N)=O)cc2)cc1. The fourth-order valence-corrected chi connectivity index (χ4v) is 1.83. The van der Waals surface area contributed by atoms with Crippen LogP contribution in [0.1, 0.15) is 20.7 Å². The van der Waals surface area contributed by atoms with Crippen molar-refractivity contribution < 1.29 is 9.59 Å². The fraction of sp³-hybridized carbons (Fsp3) is 0.125. The van der Waals surface area contributed by atoms with Crippen LogP contribution >= 0.6 is 0 Å². The van der Waals surface area contributed by atoms with Crippen molar-refractivity contribution in [2.45, 2.75) is 0 Å². The van der Waals surface area contributed by atoms with Gasteiger partial charge in [-0.3, -0.25) is 9.59 Å². The Bertz CT molecular complexity index is 646. The molecule has 2 aromatic carbocycles. The van der Waals surface area contributed by atoms with Crippen molar-refractivity contribution in [1.82, 2.24) is 0 Å². The summed E-state index contributed by atoms with van der Waals surface area (Å²) in [5.41, 5.74) is 7.78. The Morgan fingerprint density at radius 3 is 1.90 bits per heavy atom. The molecule has 3 N–H and O–H groups in total. The molecule has 0 bridgehead atoms. The highest BCUT2D eigenvalue weighted by Crippen LogP contribution is 2.15. The molecule has 5 heteroatoms. The molecule has 0 aromatic heterocycles. The third kappa shape index (κ3) is 3.60. The predicted molar refractivity (Wildman–Crippen MR) is 83.7 cm³/mol. The van der Waals surface area contributed by atoms with Crippen molar-refractivity contribution in [3.63, 3.8) is 0 Å². The maximum atomic E-state index is 12.1. The smallest absolute Gasteiger partial charge is 0.255 e. The molecule has 0 atom stereocenters. The third-order valence-electron chi connectivity index (χ3n) is 3.07. The van der Waals surface area contributed by atoms with Crippen molar-refractivity contribution >= 4 is 23.2 Å². The van der Waals surface area contributed by atoms with E-state index in [-0.39, 0.29) is 5.91 Å². The van der Waals surface area contributed by atoms with Gasteiger partial charge in [0, 0.05) is 36.6 Å². The molecule has 21 heavy (non-hydrogen) atoms. The quantitative estimate of drug-likeness (QED) is 0.902. The zero-order valence-electron chi connectivity index (χ0n) is 12.0. The first-order chi connectivity index (χ1) is 9.97. The monoisotopic (exact) mass is 283 g/mol. The van der Waals surface area contributed by atoms with Gasteiger partial charge in [0.05, 0.1) is 0 Å². The Kier molecular flexibility index (Phi) is 4.23. The molecule has 2 rings (SSSR count). The molecular weight excluding hydrogens is 266 g/mol. The average Bonchev–Trinajstić information content (AvgIpc) is 2.47. The second-order valence-corrected chi connectivity index (χ2v) is 4.84. The molecule has 0 radical (unpaired) electrons. The van der Waals surface area contributed by atoms with Crippen molar-refractivity contribution in [1.29, 1.82) is 0 Å². The van der Waals surface area contributed by atoms with Crippen molar-refractivity contribution in [3.8, 4) is 0 Å². The Balaban J connectivity index is 2.08. The van der Waals surface area contributed by atoms with E-state index in [0.29, 0.717) is 16.8 Å². The van der Waals surface area contributed by atoms with Crippen molar-refractivity contribution in [3.05, 3.63) is 59.7 Å². The number of carbonyl (C=O) groups excluding carboxylic acids is 2. The second kappa shape index (κ2) is 6.09. The number of hydrogen-bond donors (Lipinski definition) is 2. The zero-order chi connectivity index (χ0) is 15.4. The topological polar surface area (TPSA) is 75.4 Å². The highest BCUT2D eigenvalue weighted by atomic mass is 16.2. The summed E-state index contributed by atoms with van der Waals surface area (Å²) in [7, 11) is 3.88. The highest BCUT2D eigenvalue weighted by Gasteiger charge is 2.07. The van der Waals surface area contributed by atoms with Gasteiger partial charge in [0.25, 0.3) is 5.91 Å². The Morgan fingerprint density at radius 1 is 0.905 bits per heavy atom. The number of nitrogens with one attached hydrogen (secondary N) is 1. The number of nitrogens with two attached hydrogens (primary N) is 1. The number of primary amides is 1. The minimum absolute atomic E-state index is 0.202. The summed E-state index contributed by atoms with van der Waals surface area (Å²) in [6, 6.07) is 13.7. The first kappa shape index (κ1) is 14.6. The summed E-state index contributed by atoms with van der Waals surface area (Å²) in [6.07, 6.45) is 0. The molecule has 2 amide bonds. The fourth-order valence-electron chi connectivity index (χ4n) is 1.83. The number of nitrogens with zero attached hydrogens (tertiary/aromatic N) is 1. The number of benzene rings is 2. The molecule has 0 unspecified atom stereocenters. The Morgan fingerprint density at radius 2 is 1.43 bits per heavy atom. The van der Waals surface area contributed by atoms with Gasteiger partial charge in [0.15, 0.2) is 0 Å². The lowest BCUT2D eigenvalue weighted by atomic mass is 10.1. The summed E-state index contributed by atoms with van der Waals surface area (Å²) >= 11 is 0. The minimum Gasteiger partial charge on any atom is -0.378 e. The van der Waals surface area contributed by atoms with E-state index >= 15 is 0 Å². The standard InChI is InChI=1S/C16H17N3O2/c1-19(2)14-9-5-12(6-10-14)16(21)18-13-7-3-11(4-8-13)15(17)20/h3-10H,1-2H3,(H2,17,20)(H,18,21). The molecule has 0 fully saturated rings. The zero-order valence-corrected chi connectivity index (χ0v) is 12.0. The first-order valence-corrected chi connectivity index (χ1v) is 6.46. The van der Waals surface area contributed by atoms with E-state index in [1.165, 1.54) is 0 Å². The molecule has 0 aliphatic rings. The van der Waals surface area contributed by atoms with Crippen LogP contribution < -0.4 is 16.0 Å². The van der Waals surface area contributed by atoms with E-state index in [2.05, 4.69) is 5.32 Å². The van der Waals surface area contributed by atoms with Gasteiger partial charge in [-0.25, -0.2) is 0 Å². The number of anilines is 2. The van der Waals surface area contributed by atoms with Gasteiger partial charge in [-0.1, -0.05) is 0 Å². The van der Waals surface area contributed by atoms with Gasteiger partial charge in [-0.05, 0) is 48.5 Å². The van der Waals surface area contributed by atoms with E-state index in [4.69, 9.17) is 5.73 Å². The largest absolute Gasteiger partial charge is 0.378 e. The average molecular weight is 283 g/mol. The maximum absolute atomic E-state index is 12.1. The van der Waals surface area contributed by atoms with E-state index in [9.17, 15) is 9.59 Å². The van der Waals surface area contributed by atoms with Crippen LogP contribution in [0.4, 0.5) is 11.4 Å². The minimum atomic E-state index is -0.493. The Labute approximate surface area is 123 Å². The van der Waals surface area contributed by atoms with Crippen molar-refractivity contribution in [2.24, 2.45) is 5.73 Å². The van der Waals surface area contributed by atoms with Gasteiger partial charge in [0.1, 0.15) is 0 Å². The summed E-state index contributed by atoms with van der Waals surface area (Å²) in [4.78, 5) is 25.0. The van der Waals surface area contributed by atoms with E-state index in [1.54, 1.807) is 36.4 Å². The summed E-state index contributed by atoms with van der Waals surface area (Å²) in [6.45, 7) is 0. The van der Waals surface area contributed by atoms with Crippen LogP contribution in [0, 0.1) is 0 Å². The normalized spacial score (nSPS) is 10.0. The molecule has 108 valence electrons. The molecule has 0 aliphatic heterocycles. The Hall–Kier alpha value is -2.82. The van der Waals surface area contributed by atoms with Crippen LogP contribution in [0.25, 0.3) is 0 Å². The van der Waals surface area contributed by atoms with Gasteiger partial charge >= 0.3 is 0 Å². The summed E-state index contributed by atoms with van der Waals surface area (Å²) in [5.74, 6) is -0.695. The summed E-state index contributed by atoms with van der Waals surface area (Å²) < 4.78 is 0. The van der Waals surface area contributed by atoms with Crippen LogP contribution in [0.3, 0.4) is 0 Å². The molecule has 0 saturated heterocycles. The number of carbonyl (C=O) groups is 2. The summed E-state index contributed by atoms with van der Waals surface area (Å²) in [5, 5.41) is 2.77. The molecule has 0 heterocycles. The predicted octanol–water partition coefficient (Wildman–Crippen LogP) is 2.10. The lowest BCUT2D eigenvalue weighted by Gasteiger charge is -2.12. The highest BCUT2D eigenvalue weighted by molar-refractivity contribution is 6.04. The molecule has 5 nitrogen and oxygen atoms in total. The lowest BCUT2D eigenvalue weighted by Crippen LogP contribution is -2.14. The van der Waals surface area contributed by atoms with Gasteiger partial charge in [-0.2, -0.15) is 0 Å². The second-order valence-electron chi connectivity index (χ2n) is 4.84. The van der Waals surface area contributed by atoms with Gasteiger partial charge < -0.3 is 16.0 Å². The molecule has 0 saturated carbocycles. The van der Waals surface area contributed by atoms with Gasteiger partial charge in [0.2, 0.25) is 5.91 Å². The van der Waals surface area contributed by atoms with E-state index < -0.39 is 5.91 Å². The van der Waals surface area contributed by atoms with Crippen LogP contribution in [0.15, 0.2) is 48.5 Å². The molecule has 2 aromatic rings. The number of rotatable bonds is 4.